The summed E-state index contributed by atoms with van der Waals surface area (Å²) in [4.78, 5) is 55.3. The number of benzene rings is 1. The lowest BCUT2D eigenvalue weighted by atomic mass is 9.57. The van der Waals surface area contributed by atoms with E-state index in [4.69, 9.17) is 5.73 Å². The van der Waals surface area contributed by atoms with E-state index in [1.165, 1.54) is 11.7 Å². The Bertz CT molecular complexity index is 1460. The van der Waals surface area contributed by atoms with E-state index in [0.29, 0.717) is 11.3 Å². The van der Waals surface area contributed by atoms with Crippen molar-refractivity contribution in [2.45, 2.75) is 57.6 Å². The Balaban J connectivity index is 0.00000259. The third-order valence-electron chi connectivity index (χ3n) is 8.23. The molecular formula is C30H42BN5O8. The third kappa shape index (κ3) is 5.69. The molecule has 0 unspecified atom stereocenters. The highest BCUT2D eigenvalue weighted by Gasteiger charge is 2.64. The first-order valence-electron chi connectivity index (χ1n) is 14.2. The monoisotopic (exact) mass is 611 g/mol. The van der Waals surface area contributed by atoms with Gasteiger partial charge in [-0.25, -0.2) is 0 Å². The Labute approximate surface area is 258 Å². The van der Waals surface area contributed by atoms with Gasteiger partial charge in [0.1, 0.15) is 22.8 Å². The lowest BCUT2D eigenvalue weighted by Crippen LogP contribution is -2.65. The Hall–Kier alpha value is -3.88. The third-order valence-corrected chi connectivity index (χ3v) is 8.23. The molecule has 1 aromatic carbocycles. The number of phenolic OH excluding ortho intramolecular Hbond substituents is 1. The van der Waals surface area contributed by atoms with Gasteiger partial charge in [-0.3, -0.25) is 24.1 Å². The number of nitrogens with one attached hydrogen (secondary N) is 2. The van der Waals surface area contributed by atoms with Crippen LogP contribution in [0, 0.1) is 11.8 Å². The van der Waals surface area contributed by atoms with Crippen molar-refractivity contribution in [3.05, 3.63) is 34.1 Å². The zero-order valence-corrected chi connectivity index (χ0v) is 26.4. The molecule has 0 heterocycles. The van der Waals surface area contributed by atoms with E-state index in [9.17, 15) is 39.6 Å². The summed E-state index contributed by atoms with van der Waals surface area (Å²) in [5, 5.41) is 51.3. The first-order chi connectivity index (χ1) is 20.3. The molecule has 4 rings (SSSR count). The number of carbonyl (C=O) groups is 4. The molecule has 13 nitrogen and oxygen atoms in total. The van der Waals surface area contributed by atoms with Crippen molar-refractivity contribution in [1.29, 1.82) is 0 Å². The van der Waals surface area contributed by atoms with Crippen LogP contribution in [0.1, 0.15) is 38.3 Å². The van der Waals surface area contributed by atoms with E-state index >= 15 is 0 Å². The van der Waals surface area contributed by atoms with Crippen LogP contribution in [-0.2, 0) is 25.6 Å². The van der Waals surface area contributed by atoms with Crippen molar-refractivity contribution >= 4 is 48.4 Å². The number of hydrogen-bond acceptors (Lipinski definition) is 11. The summed E-state index contributed by atoms with van der Waals surface area (Å²) in [5.74, 6) is -7.79. The van der Waals surface area contributed by atoms with Gasteiger partial charge < -0.3 is 41.7 Å². The second-order valence-electron chi connectivity index (χ2n) is 12.7. The van der Waals surface area contributed by atoms with Crippen molar-refractivity contribution in [1.82, 2.24) is 10.2 Å². The van der Waals surface area contributed by atoms with E-state index in [0.717, 1.165) is 0 Å². The second-order valence-corrected chi connectivity index (χ2v) is 12.7. The zero-order chi connectivity index (χ0) is 33.6. The van der Waals surface area contributed by atoms with Crippen molar-refractivity contribution < 1.29 is 39.6 Å². The number of rotatable bonds is 6. The fourth-order valence-corrected chi connectivity index (χ4v) is 6.33. The number of ketones is 2. The Morgan fingerprint density at radius 1 is 1.11 bits per heavy atom. The number of nitrogens with zero attached hydrogens (tertiary/aromatic N) is 2. The highest BCUT2D eigenvalue weighted by Crippen LogP contribution is 2.54. The van der Waals surface area contributed by atoms with Crippen molar-refractivity contribution in [2.75, 3.05) is 45.0 Å². The molecule has 1 aromatic rings. The van der Waals surface area contributed by atoms with Gasteiger partial charge in [-0.1, -0.05) is 6.82 Å². The summed E-state index contributed by atoms with van der Waals surface area (Å²) in [6.07, 6.45) is 0.117. The summed E-state index contributed by atoms with van der Waals surface area (Å²) in [5.41, 5.74) is 2.11. The van der Waals surface area contributed by atoms with Gasteiger partial charge in [0.15, 0.2) is 11.4 Å². The Kier molecular flexibility index (Phi) is 9.64. The van der Waals surface area contributed by atoms with Crippen molar-refractivity contribution in [3.8, 4) is 5.75 Å². The number of aliphatic hydroxyl groups is 3. The maximum Gasteiger partial charge on any atom is 0.255 e. The first kappa shape index (κ1) is 34.6. The van der Waals surface area contributed by atoms with Crippen molar-refractivity contribution in [3.63, 3.8) is 0 Å². The fraction of sp³-hybridized carbons (Fsp3) is 0.533. The van der Waals surface area contributed by atoms with Gasteiger partial charge in [-0.2, -0.15) is 0 Å². The van der Waals surface area contributed by atoms with Crippen LogP contribution in [0.5, 0.6) is 5.75 Å². The molecule has 238 valence electrons. The molecule has 1 saturated carbocycles. The molecule has 14 heteroatoms. The van der Waals surface area contributed by atoms with Crippen LogP contribution >= 0.6 is 0 Å². The van der Waals surface area contributed by atoms with Gasteiger partial charge in [-0.15, -0.1) is 0 Å². The average molecular weight is 612 g/mol. The number of primary amides is 1. The van der Waals surface area contributed by atoms with E-state index < -0.39 is 69.7 Å². The predicted molar refractivity (Wildman–Crippen MR) is 167 cm³/mol. The van der Waals surface area contributed by atoms with Crippen LogP contribution in [0.15, 0.2) is 23.0 Å². The van der Waals surface area contributed by atoms with E-state index in [-0.39, 0.29) is 41.7 Å². The lowest BCUT2D eigenvalue weighted by molar-refractivity contribution is -0.153. The molecule has 4 atom stereocenters. The quantitative estimate of drug-likeness (QED) is 0.134. The SMILES string of the molecule is CN(C)c1cc(NC(=O)CNC(C)(C)C)c(O)c2c1C[C@H]1C[C@H]3[C@H](N(C)C)C(=O)C(C(N)=O)=C(O)[C@@]3(O)C(=O)C1=C2O.[B]C. The number of fused-ring (bicyclic) bond motifs is 3. The van der Waals surface area contributed by atoms with Crippen LogP contribution in [0.4, 0.5) is 11.4 Å². The maximum absolute atomic E-state index is 14.0. The van der Waals surface area contributed by atoms with Gasteiger partial charge in [0.25, 0.3) is 5.91 Å². The smallest absolute Gasteiger partial charge is 0.255 e. The number of amides is 2. The normalized spacial score (nSPS) is 24.6. The van der Waals surface area contributed by atoms with Crippen molar-refractivity contribution in [2.24, 2.45) is 17.6 Å². The minimum absolute atomic E-state index is 0.00158. The second kappa shape index (κ2) is 12.3. The highest BCUT2D eigenvalue weighted by atomic mass is 16.3. The molecule has 3 aliphatic carbocycles. The van der Waals surface area contributed by atoms with Crippen LogP contribution in [0.3, 0.4) is 0 Å². The molecule has 2 radical (unpaired) electrons. The van der Waals surface area contributed by atoms with E-state index in [1.54, 1.807) is 39.2 Å². The highest BCUT2D eigenvalue weighted by molar-refractivity contribution is 6.24. The number of carbonyl (C=O) groups excluding carboxylic acids is 4. The standard InChI is InChI=1S/C29H39N5O8.CH3B/c1-28(2,3)31-11-17(35)32-15-10-16(33(4)5)13-8-12-9-14-21(34(6)7)24(38)20(27(30)41)26(40)29(14,42)25(39)18(12)23(37)19(13)22(15)36;1-2/h10,12,14,21,31,36-37,40,42H,8-9,11H2,1-7H3,(H2,30,41)(H,32,35);1H3/t12-,14-,21-,29-;/m0./s1. The summed E-state index contributed by atoms with van der Waals surface area (Å²) in [6, 6.07) is 0.409. The molecule has 44 heavy (non-hydrogen) atoms. The van der Waals surface area contributed by atoms with Gasteiger partial charge in [-0.05, 0) is 65.3 Å². The molecule has 0 saturated heterocycles. The Morgan fingerprint density at radius 2 is 1.70 bits per heavy atom. The molecule has 8 N–H and O–H groups in total. The first-order valence-corrected chi connectivity index (χ1v) is 14.2. The van der Waals surface area contributed by atoms with Gasteiger partial charge >= 0.3 is 0 Å². The van der Waals surface area contributed by atoms with E-state index in [1.807, 2.05) is 20.8 Å². The predicted octanol–water partition coefficient (Wildman–Crippen LogP) is 0.560. The molecule has 1 fully saturated rings. The molecule has 2 amide bonds. The molecule has 3 aliphatic rings. The summed E-state index contributed by atoms with van der Waals surface area (Å²) in [7, 11) is 11.1. The van der Waals surface area contributed by atoms with Crippen LogP contribution < -0.4 is 21.3 Å². The number of aromatic hydroxyl groups is 1. The number of hydrogen-bond donors (Lipinski definition) is 7. The minimum Gasteiger partial charge on any atom is -0.508 e. The topological polar surface area (TPSA) is 206 Å². The number of likely N-dealkylation sites (N-methyl/N-ethyl adjacent to an activating group) is 1. The molecule has 0 bridgehead atoms. The zero-order valence-electron chi connectivity index (χ0n) is 26.4. The van der Waals surface area contributed by atoms with Crippen LogP contribution in [0.25, 0.3) is 5.76 Å². The van der Waals surface area contributed by atoms with Gasteiger partial charge in [0, 0.05) is 36.8 Å². The maximum atomic E-state index is 14.0. The molecule has 0 spiro atoms. The molecule has 0 aliphatic heterocycles. The number of aliphatic hydroxyl groups excluding tert-OH is 2. The largest absolute Gasteiger partial charge is 0.508 e. The molecule has 0 aromatic heterocycles. The number of phenols is 1. The van der Waals surface area contributed by atoms with Crippen LogP contribution in [-0.4, -0.2) is 108 Å². The number of nitrogens with two attached hydrogens (primary N) is 1. The fourth-order valence-electron chi connectivity index (χ4n) is 6.33. The number of Topliss-reactive ketones (excluding diaryl/α,β-unsaturated/α-hetero) is 2. The summed E-state index contributed by atoms with van der Waals surface area (Å²) >= 11 is 0. The summed E-state index contributed by atoms with van der Waals surface area (Å²) in [6.45, 7) is 7.12. The van der Waals surface area contributed by atoms with Gasteiger partial charge in [0.2, 0.25) is 11.7 Å². The number of anilines is 2. The average Bonchev–Trinajstić information content (AvgIpc) is 2.91. The van der Waals surface area contributed by atoms with E-state index in [2.05, 4.69) is 18.5 Å². The summed E-state index contributed by atoms with van der Waals surface area (Å²) < 4.78 is 0. The molecular weight excluding hydrogens is 569 g/mol. The minimum atomic E-state index is -2.73. The lowest BCUT2D eigenvalue weighted by Gasteiger charge is -2.50. The van der Waals surface area contributed by atoms with Gasteiger partial charge in [0.05, 0.1) is 31.7 Å². The van der Waals surface area contributed by atoms with Crippen LogP contribution in [0.2, 0.25) is 6.82 Å². The Morgan fingerprint density at radius 3 is 2.20 bits per heavy atom.